The van der Waals surface area contributed by atoms with Gasteiger partial charge in [-0.25, -0.2) is 0 Å². The van der Waals surface area contributed by atoms with Gasteiger partial charge in [-0.3, -0.25) is 4.90 Å². The fourth-order valence-electron chi connectivity index (χ4n) is 2.94. The molecule has 106 valence electrons. The zero-order valence-electron chi connectivity index (χ0n) is 12.4. The Morgan fingerprint density at radius 2 is 2.00 bits per heavy atom. The van der Waals surface area contributed by atoms with Crippen LogP contribution in [0.1, 0.15) is 32.3 Å². The third kappa shape index (κ3) is 3.63. The van der Waals surface area contributed by atoms with Crippen molar-refractivity contribution in [3.63, 3.8) is 0 Å². The van der Waals surface area contributed by atoms with E-state index in [0.717, 1.165) is 29.8 Å². The third-order valence-electron chi connectivity index (χ3n) is 4.27. The second-order valence-corrected chi connectivity index (χ2v) is 5.93. The van der Waals surface area contributed by atoms with Gasteiger partial charge in [-0.1, -0.05) is 13.8 Å². The van der Waals surface area contributed by atoms with Gasteiger partial charge in [0.1, 0.15) is 5.75 Å². The molecule has 0 aliphatic carbocycles. The van der Waals surface area contributed by atoms with Crippen LogP contribution in [0.2, 0.25) is 0 Å². The van der Waals surface area contributed by atoms with Crippen LogP contribution in [0.15, 0.2) is 18.2 Å². The summed E-state index contributed by atoms with van der Waals surface area (Å²) in [6.07, 6.45) is 2.62. The van der Waals surface area contributed by atoms with Crippen LogP contribution in [0, 0.1) is 11.8 Å². The number of nitrogen functional groups attached to an aromatic ring is 1. The van der Waals surface area contributed by atoms with Crippen LogP contribution in [0.25, 0.3) is 0 Å². The van der Waals surface area contributed by atoms with Crippen LogP contribution in [-0.2, 0) is 6.54 Å². The summed E-state index contributed by atoms with van der Waals surface area (Å²) in [5.74, 6) is 2.64. The van der Waals surface area contributed by atoms with E-state index in [0.29, 0.717) is 0 Å². The first-order valence-electron chi connectivity index (χ1n) is 7.25. The molecule has 19 heavy (non-hydrogen) atoms. The number of likely N-dealkylation sites (tertiary alicyclic amines) is 1. The molecule has 1 heterocycles. The molecule has 2 rings (SSSR count). The number of hydrogen-bond donors (Lipinski definition) is 1. The largest absolute Gasteiger partial charge is 0.496 e. The van der Waals surface area contributed by atoms with E-state index in [-0.39, 0.29) is 0 Å². The highest BCUT2D eigenvalue weighted by atomic mass is 16.5. The summed E-state index contributed by atoms with van der Waals surface area (Å²) >= 11 is 0. The Bertz CT molecular complexity index is 409. The van der Waals surface area contributed by atoms with E-state index in [1.165, 1.54) is 31.5 Å². The van der Waals surface area contributed by atoms with Crippen LogP contribution < -0.4 is 10.5 Å². The molecule has 0 unspecified atom stereocenters. The molecular formula is C16H26N2O. The van der Waals surface area contributed by atoms with Crippen molar-refractivity contribution in [3.8, 4) is 5.75 Å². The van der Waals surface area contributed by atoms with E-state index < -0.39 is 0 Å². The van der Waals surface area contributed by atoms with Crippen molar-refractivity contribution in [2.24, 2.45) is 11.8 Å². The smallest absolute Gasteiger partial charge is 0.123 e. The maximum Gasteiger partial charge on any atom is 0.123 e. The lowest BCUT2D eigenvalue weighted by Crippen LogP contribution is -2.34. The second-order valence-electron chi connectivity index (χ2n) is 5.93. The standard InChI is InChI=1S/C16H26N2O/c1-12(2)13-6-8-18(9-7-13)11-14-10-15(17)4-5-16(14)19-3/h4-5,10,12-13H,6-9,11,17H2,1-3H3. The highest BCUT2D eigenvalue weighted by molar-refractivity contribution is 5.47. The predicted molar refractivity (Wildman–Crippen MR) is 80.2 cm³/mol. The molecule has 3 heteroatoms. The van der Waals surface area contributed by atoms with Crippen molar-refractivity contribution in [3.05, 3.63) is 23.8 Å². The molecule has 0 aromatic heterocycles. The third-order valence-corrected chi connectivity index (χ3v) is 4.27. The molecule has 0 amide bonds. The SMILES string of the molecule is COc1ccc(N)cc1CN1CCC(C(C)C)CC1. The van der Waals surface area contributed by atoms with Gasteiger partial charge in [0.15, 0.2) is 0 Å². The van der Waals surface area contributed by atoms with Gasteiger partial charge in [-0.05, 0) is 56.0 Å². The summed E-state index contributed by atoms with van der Waals surface area (Å²) in [5, 5.41) is 0. The zero-order valence-corrected chi connectivity index (χ0v) is 12.4. The number of ether oxygens (including phenoxy) is 1. The van der Waals surface area contributed by atoms with Gasteiger partial charge in [0.05, 0.1) is 7.11 Å². The molecule has 1 aromatic rings. The molecular weight excluding hydrogens is 236 g/mol. The quantitative estimate of drug-likeness (QED) is 0.847. The van der Waals surface area contributed by atoms with Crippen LogP contribution in [0.3, 0.4) is 0 Å². The zero-order chi connectivity index (χ0) is 13.8. The number of anilines is 1. The minimum absolute atomic E-state index is 0.809. The van der Waals surface area contributed by atoms with E-state index in [4.69, 9.17) is 10.5 Å². The molecule has 1 saturated heterocycles. The normalized spacial score (nSPS) is 17.9. The van der Waals surface area contributed by atoms with Gasteiger partial charge in [-0.2, -0.15) is 0 Å². The predicted octanol–water partition coefficient (Wildman–Crippen LogP) is 3.15. The van der Waals surface area contributed by atoms with Gasteiger partial charge in [0, 0.05) is 17.8 Å². The lowest BCUT2D eigenvalue weighted by atomic mass is 9.86. The van der Waals surface area contributed by atoms with E-state index in [1.54, 1.807) is 7.11 Å². The maximum atomic E-state index is 5.88. The summed E-state index contributed by atoms with van der Waals surface area (Å²) in [6, 6.07) is 5.90. The Morgan fingerprint density at radius 3 is 2.58 bits per heavy atom. The first-order valence-corrected chi connectivity index (χ1v) is 7.25. The fraction of sp³-hybridized carbons (Fsp3) is 0.625. The molecule has 0 spiro atoms. The Morgan fingerprint density at radius 1 is 1.32 bits per heavy atom. The molecule has 0 atom stereocenters. The van der Waals surface area contributed by atoms with E-state index in [2.05, 4.69) is 18.7 Å². The van der Waals surface area contributed by atoms with E-state index >= 15 is 0 Å². The average Bonchev–Trinajstić information content (AvgIpc) is 2.39. The number of nitrogens with zero attached hydrogens (tertiary/aromatic N) is 1. The van der Waals surface area contributed by atoms with Crippen LogP contribution in [0.4, 0.5) is 5.69 Å². The molecule has 1 fully saturated rings. The van der Waals surface area contributed by atoms with E-state index in [1.807, 2.05) is 18.2 Å². The first-order chi connectivity index (χ1) is 9.10. The summed E-state index contributed by atoms with van der Waals surface area (Å²) in [4.78, 5) is 2.51. The highest BCUT2D eigenvalue weighted by Gasteiger charge is 2.22. The number of rotatable bonds is 4. The van der Waals surface area contributed by atoms with Crippen molar-refractivity contribution >= 4 is 5.69 Å². The molecule has 1 aliphatic rings. The van der Waals surface area contributed by atoms with Crippen molar-refractivity contribution in [1.82, 2.24) is 4.90 Å². The number of benzene rings is 1. The molecule has 2 N–H and O–H groups in total. The summed E-state index contributed by atoms with van der Waals surface area (Å²) in [7, 11) is 1.72. The van der Waals surface area contributed by atoms with Gasteiger partial charge >= 0.3 is 0 Å². The van der Waals surface area contributed by atoms with Crippen molar-refractivity contribution < 1.29 is 4.74 Å². The summed E-state index contributed by atoms with van der Waals surface area (Å²) in [5.41, 5.74) is 7.89. The van der Waals surface area contributed by atoms with Gasteiger partial charge in [0.2, 0.25) is 0 Å². The minimum Gasteiger partial charge on any atom is -0.496 e. The van der Waals surface area contributed by atoms with Crippen LogP contribution in [-0.4, -0.2) is 25.1 Å². The monoisotopic (exact) mass is 262 g/mol. The van der Waals surface area contributed by atoms with Crippen molar-refractivity contribution in [2.75, 3.05) is 25.9 Å². The number of nitrogens with two attached hydrogens (primary N) is 1. The lowest BCUT2D eigenvalue weighted by molar-refractivity contribution is 0.151. The van der Waals surface area contributed by atoms with E-state index in [9.17, 15) is 0 Å². The van der Waals surface area contributed by atoms with Crippen molar-refractivity contribution in [1.29, 1.82) is 0 Å². The fourth-order valence-corrected chi connectivity index (χ4v) is 2.94. The molecule has 0 saturated carbocycles. The van der Waals surface area contributed by atoms with Gasteiger partial charge in [0.25, 0.3) is 0 Å². The second kappa shape index (κ2) is 6.29. The Kier molecular flexibility index (Phi) is 4.70. The highest BCUT2D eigenvalue weighted by Crippen LogP contribution is 2.28. The molecule has 1 aliphatic heterocycles. The van der Waals surface area contributed by atoms with Crippen molar-refractivity contribution in [2.45, 2.75) is 33.2 Å². The topological polar surface area (TPSA) is 38.5 Å². The molecule has 1 aromatic carbocycles. The summed E-state index contributed by atoms with van der Waals surface area (Å²) in [6.45, 7) is 7.98. The first kappa shape index (κ1) is 14.2. The molecule has 0 bridgehead atoms. The Hall–Kier alpha value is -1.22. The Balaban J connectivity index is 1.97. The number of methoxy groups -OCH3 is 1. The van der Waals surface area contributed by atoms with Gasteiger partial charge in [-0.15, -0.1) is 0 Å². The summed E-state index contributed by atoms with van der Waals surface area (Å²) < 4.78 is 5.42. The Labute approximate surface area is 116 Å². The maximum absolute atomic E-state index is 5.88. The molecule has 3 nitrogen and oxygen atoms in total. The minimum atomic E-state index is 0.809. The average molecular weight is 262 g/mol. The lowest BCUT2D eigenvalue weighted by Gasteiger charge is -2.34. The number of hydrogen-bond acceptors (Lipinski definition) is 3. The van der Waals surface area contributed by atoms with Gasteiger partial charge < -0.3 is 10.5 Å². The van der Waals surface area contributed by atoms with Crippen LogP contribution in [0.5, 0.6) is 5.75 Å². The number of piperidine rings is 1. The van der Waals surface area contributed by atoms with Crippen LogP contribution >= 0.6 is 0 Å². The molecule has 0 radical (unpaired) electrons.